The molecule has 1 aromatic rings. The van der Waals surface area contributed by atoms with E-state index in [1.165, 1.54) is 17.0 Å². The summed E-state index contributed by atoms with van der Waals surface area (Å²) in [6, 6.07) is 4.33. The SMILES string of the molecule is N[C@@H]1CCN(C(=O)O)C[C@H]1c1ccc(Cl)c(F)c1. The predicted octanol–water partition coefficient (Wildman–Crippen LogP) is 2.27. The summed E-state index contributed by atoms with van der Waals surface area (Å²) < 4.78 is 13.4. The summed E-state index contributed by atoms with van der Waals surface area (Å²) in [5.74, 6) is -0.699. The molecule has 98 valence electrons. The average Bonchev–Trinajstić information content (AvgIpc) is 2.33. The van der Waals surface area contributed by atoms with Crippen molar-refractivity contribution >= 4 is 17.7 Å². The van der Waals surface area contributed by atoms with Crippen molar-refractivity contribution in [3.05, 3.63) is 34.6 Å². The highest BCUT2D eigenvalue weighted by Crippen LogP contribution is 2.28. The Labute approximate surface area is 109 Å². The third-order valence-electron chi connectivity index (χ3n) is 3.31. The number of piperidine rings is 1. The predicted molar refractivity (Wildman–Crippen MR) is 66.3 cm³/mol. The van der Waals surface area contributed by atoms with Crippen LogP contribution >= 0.6 is 11.6 Å². The van der Waals surface area contributed by atoms with Gasteiger partial charge in [0.2, 0.25) is 0 Å². The topological polar surface area (TPSA) is 66.6 Å². The standard InChI is InChI=1S/C12H14ClFN2O2/c13-9-2-1-7(5-10(9)14)8-6-16(12(17)18)4-3-11(8)15/h1-2,5,8,11H,3-4,6,15H2,(H,17,18)/t8-,11+/m0/s1. The van der Waals surface area contributed by atoms with Gasteiger partial charge in [0, 0.05) is 25.0 Å². The molecule has 0 saturated carbocycles. The molecule has 1 aromatic carbocycles. The highest BCUT2D eigenvalue weighted by Gasteiger charge is 2.30. The monoisotopic (exact) mass is 272 g/mol. The molecule has 0 radical (unpaired) electrons. The smallest absolute Gasteiger partial charge is 0.407 e. The van der Waals surface area contributed by atoms with Crippen molar-refractivity contribution in [2.24, 2.45) is 5.73 Å². The number of rotatable bonds is 1. The van der Waals surface area contributed by atoms with Crippen molar-refractivity contribution in [3.8, 4) is 0 Å². The Hall–Kier alpha value is -1.33. The van der Waals surface area contributed by atoms with Crippen LogP contribution in [0, 0.1) is 5.82 Å². The Balaban J connectivity index is 2.24. The van der Waals surface area contributed by atoms with E-state index in [0.717, 1.165) is 0 Å². The minimum absolute atomic E-state index is 0.0539. The molecule has 0 bridgehead atoms. The summed E-state index contributed by atoms with van der Waals surface area (Å²) in [4.78, 5) is 12.3. The molecule has 2 rings (SSSR count). The van der Waals surface area contributed by atoms with Gasteiger partial charge in [0.1, 0.15) is 5.82 Å². The van der Waals surface area contributed by atoms with Crippen LogP contribution in [0.4, 0.5) is 9.18 Å². The summed E-state index contributed by atoms with van der Waals surface area (Å²) in [7, 11) is 0. The summed E-state index contributed by atoms with van der Waals surface area (Å²) >= 11 is 5.62. The minimum Gasteiger partial charge on any atom is -0.465 e. The van der Waals surface area contributed by atoms with Gasteiger partial charge in [0.15, 0.2) is 0 Å². The van der Waals surface area contributed by atoms with Gasteiger partial charge < -0.3 is 15.7 Å². The first kappa shape index (κ1) is 13.1. The molecule has 1 amide bonds. The lowest BCUT2D eigenvalue weighted by atomic mass is 9.86. The van der Waals surface area contributed by atoms with Crippen LogP contribution < -0.4 is 5.73 Å². The number of carbonyl (C=O) groups is 1. The van der Waals surface area contributed by atoms with Gasteiger partial charge in [-0.1, -0.05) is 17.7 Å². The molecule has 1 heterocycles. The van der Waals surface area contributed by atoms with Crippen LogP contribution in [0.15, 0.2) is 18.2 Å². The molecule has 1 aliphatic heterocycles. The molecule has 6 heteroatoms. The maximum Gasteiger partial charge on any atom is 0.407 e. The van der Waals surface area contributed by atoms with Crippen molar-refractivity contribution in [1.82, 2.24) is 4.90 Å². The maximum atomic E-state index is 13.4. The van der Waals surface area contributed by atoms with E-state index >= 15 is 0 Å². The number of hydrogen-bond donors (Lipinski definition) is 2. The maximum absolute atomic E-state index is 13.4. The number of nitrogens with two attached hydrogens (primary N) is 1. The van der Waals surface area contributed by atoms with E-state index < -0.39 is 11.9 Å². The lowest BCUT2D eigenvalue weighted by Gasteiger charge is -2.35. The minimum atomic E-state index is -0.971. The number of halogens is 2. The first-order chi connectivity index (χ1) is 8.49. The molecule has 1 fully saturated rings. The lowest BCUT2D eigenvalue weighted by molar-refractivity contribution is 0.126. The molecular weight excluding hydrogens is 259 g/mol. The highest BCUT2D eigenvalue weighted by molar-refractivity contribution is 6.30. The van der Waals surface area contributed by atoms with Gasteiger partial charge >= 0.3 is 6.09 Å². The molecule has 0 spiro atoms. The van der Waals surface area contributed by atoms with Crippen LogP contribution in [0.25, 0.3) is 0 Å². The average molecular weight is 273 g/mol. The fourth-order valence-corrected chi connectivity index (χ4v) is 2.36. The fourth-order valence-electron chi connectivity index (χ4n) is 2.24. The van der Waals surface area contributed by atoms with Crippen molar-refractivity contribution in [1.29, 1.82) is 0 Å². The Bertz CT molecular complexity index is 469. The van der Waals surface area contributed by atoms with E-state index in [9.17, 15) is 9.18 Å². The molecule has 0 aromatic heterocycles. The van der Waals surface area contributed by atoms with E-state index in [0.29, 0.717) is 18.5 Å². The van der Waals surface area contributed by atoms with Gasteiger partial charge in [-0.25, -0.2) is 9.18 Å². The second-order valence-electron chi connectivity index (χ2n) is 4.46. The van der Waals surface area contributed by atoms with Crippen molar-refractivity contribution in [2.75, 3.05) is 13.1 Å². The van der Waals surface area contributed by atoms with Gasteiger partial charge in [0.05, 0.1) is 5.02 Å². The van der Waals surface area contributed by atoms with Crippen LogP contribution in [0.5, 0.6) is 0 Å². The third-order valence-corrected chi connectivity index (χ3v) is 3.62. The highest BCUT2D eigenvalue weighted by atomic mass is 35.5. The first-order valence-corrected chi connectivity index (χ1v) is 6.05. The van der Waals surface area contributed by atoms with Crippen molar-refractivity contribution in [3.63, 3.8) is 0 Å². The number of likely N-dealkylation sites (tertiary alicyclic amines) is 1. The molecule has 1 saturated heterocycles. The van der Waals surface area contributed by atoms with E-state index in [-0.39, 0.29) is 23.5 Å². The van der Waals surface area contributed by atoms with Crippen LogP contribution in [0.1, 0.15) is 17.9 Å². The van der Waals surface area contributed by atoms with Crippen LogP contribution in [-0.4, -0.2) is 35.2 Å². The van der Waals surface area contributed by atoms with Crippen LogP contribution in [0.3, 0.4) is 0 Å². The summed E-state index contributed by atoms with van der Waals surface area (Å²) in [6.45, 7) is 0.709. The molecule has 18 heavy (non-hydrogen) atoms. The van der Waals surface area contributed by atoms with Gasteiger partial charge in [-0.05, 0) is 24.1 Å². The Morgan fingerprint density at radius 1 is 1.56 bits per heavy atom. The fraction of sp³-hybridized carbons (Fsp3) is 0.417. The Morgan fingerprint density at radius 3 is 2.89 bits per heavy atom. The molecule has 2 atom stereocenters. The zero-order valence-electron chi connectivity index (χ0n) is 9.64. The van der Waals surface area contributed by atoms with E-state index in [4.69, 9.17) is 22.4 Å². The third kappa shape index (κ3) is 2.57. The number of benzene rings is 1. The van der Waals surface area contributed by atoms with E-state index in [1.54, 1.807) is 6.07 Å². The Kier molecular flexibility index (Phi) is 3.73. The van der Waals surface area contributed by atoms with Crippen molar-refractivity contribution in [2.45, 2.75) is 18.4 Å². The molecule has 0 unspecified atom stereocenters. The van der Waals surface area contributed by atoms with Crippen molar-refractivity contribution < 1.29 is 14.3 Å². The van der Waals surface area contributed by atoms with Gasteiger partial charge in [-0.15, -0.1) is 0 Å². The summed E-state index contributed by atoms with van der Waals surface area (Å²) in [5, 5.41) is 9.03. The van der Waals surface area contributed by atoms with Gasteiger partial charge in [0.25, 0.3) is 0 Å². The van der Waals surface area contributed by atoms with Gasteiger partial charge in [-0.2, -0.15) is 0 Å². The quantitative estimate of drug-likeness (QED) is 0.824. The lowest BCUT2D eigenvalue weighted by Crippen LogP contribution is -2.47. The summed E-state index contributed by atoms with van der Waals surface area (Å²) in [5.41, 5.74) is 6.68. The largest absolute Gasteiger partial charge is 0.465 e. The number of amides is 1. The molecular formula is C12H14ClFN2O2. The van der Waals surface area contributed by atoms with Gasteiger partial charge in [-0.3, -0.25) is 0 Å². The second-order valence-corrected chi connectivity index (χ2v) is 4.87. The zero-order valence-corrected chi connectivity index (χ0v) is 10.4. The molecule has 0 aliphatic carbocycles. The summed E-state index contributed by atoms with van der Waals surface area (Å²) in [6.07, 6.45) is -0.400. The molecule has 4 nitrogen and oxygen atoms in total. The van der Waals surface area contributed by atoms with Crippen LogP contribution in [-0.2, 0) is 0 Å². The van der Waals surface area contributed by atoms with E-state index in [1.807, 2.05) is 0 Å². The number of carboxylic acid groups (broad SMARTS) is 1. The molecule has 3 N–H and O–H groups in total. The van der Waals surface area contributed by atoms with E-state index in [2.05, 4.69) is 0 Å². The second kappa shape index (κ2) is 5.12. The first-order valence-electron chi connectivity index (χ1n) is 5.67. The normalized spacial score (nSPS) is 24.1. The van der Waals surface area contributed by atoms with Crippen LogP contribution in [0.2, 0.25) is 5.02 Å². The number of hydrogen-bond acceptors (Lipinski definition) is 2. The molecule has 1 aliphatic rings. The zero-order chi connectivity index (χ0) is 13.3. The Morgan fingerprint density at radius 2 is 2.28 bits per heavy atom. The number of nitrogens with zero attached hydrogens (tertiary/aromatic N) is 1.